The van der Waals surface area contributed by atoms with Crippen LogP contribution in [0.4, 0.5) is 13.2 Å². The molecule has 2 aromatic rings. The number of hydrogen-bond donors (Lipinski definition) is 1. The molecule has 0 fully saturated rings. The molecule has 7 heteroatoms. The lowest BCUT2D eigenvalue weighted by Crippen LogP contribution is -2.07. The van der Waals surface area contributed by atoms with Gasteiger partial charge in [0.1, 0.15) is 0 Å². The lowest BCUT2D eigenvalue weighted by atomic mass is 10.2. The predicted molar refractivity (Wildman–Crippen MR) is 60.3 cm³/mol. The molecule has 0 bridgehead atoms. The Morgan fingerprint density at radius 1 is 1.32 bits per heavy atom. The van der Waals surface area contributed by atoms with Gasteiger partial charge in [0, 0.05) is 5.69 Å². The fourth-order valence-corrected chi connectivity index (χ4v) is 1.65. The van der Waals surface area contributed by atoms with Crippen molar-refractivity contribution in [3.8, 4) is 5.69 Å². The number of benzene rings is 1. The summed E-state index contributed by atoms with van der Waals surface area (Å²) >= 11 is 0. The maximum absolute atomic E-state index is 12.6. The number of aryl methyl sites for hydroxylation is 1. The van der Waals surface area contributed by atoms with Crippen LogP contribution in [0.3, 0.4) is 0 Å². The molecule has 0 spiro atoms. The van der Waals surface area contributed by atoms with Crippen LogP contribution in [0.15, 0.2) is 30.3 Å². The minimum atomic E-state index is -4.45. The Morgan fingerprint density at radius 2 is 2.00 bits per heavy atom. The minimum Gasteiger partial charge on any atom is -0.476 e. The molecule has 0 amide bonds. The van der Waals surface area contributed by atoms with Gasteiger partial charge in [-0.2, -0.15) is 18.3 Å². The van der Waals surface area contributed by atoms with Gasteiger partial charge < -0.3 is 5.11 Å². The van der Waals surface area contributed by atoms with Gasteiger partial charge in [0.25, 0.3) is 0 Å². The van der Waals surface area contributed by atoms with Crippen LogP contribution in [0.25, 0.3) is 5.69 Å². The number of hydrogen-bond acceptors (Lipinski definition) is 2. The summed E-state index contributed by atoms with van der Waals surface area (Å²) in [5.74, 6) is -1.23. The number of aromatic nitrogens is 2. The summed E-state index contributed by atoms with van der Waals surface area (Å²) in [6, 6.07) is 5.84. The number of carbonyl (C=O) groups is 1. The second kappa shape index (κ2) is 4.42. The molecule has 0 aliphatic heterocycles. The number of rotatable bonds is 2. The lowest BCUT2D eigenvalue weighted by molar-refractivity contribution is -0.137. The van der Waals surface area contributed by atoms with Crippen LogP contribution in [0.5, 0.6) is 0 Å². The molecular formula is C12H9F3N2O2. The maximum Gasteiger partial charge on any atom is 0.416 e. The van der Waals surface area contributed by atoms with Gasteiger partial charge in [0.15, 0.2) is 5.69 Å². The van der Waals surface area contributed by atoms with Gasteiger partial charge in [0.2, 0.25) is 0 Å². The quantitative estimate of drug-likeness (QED) is 0.912. The number of halogens is 3. The third-order valence-corrected chi connectivity index (χ3v) is 2.52. The topological polar surface area (TPSA) is 55.1 Å². The first-order chi connectivity index (χ1) is 8.79. The lowest BCUT2D eigenvalue weighted by Gasteiger charge is -2.09. The largest absolute Gasteiger partial charge is 0.476 e. The fourth-order valence-electron chi connectivity index (χ4n) is 1.65. The van der Waals surface area contributed by atoms with E-state index in [9.17, 15) is 18.0 Å². The van der Waals surface area contributed by atoms with Crippen LogP contribution in [-0.4, -0.2) is 20.9 Å². The van der Waals surface area contributed by atoms with Crippen LogP contribution in [0.1, 0.15) is 21.7 Å². The predicted octanol–water partition coefficient (Wildman–Crippen LogP) is 2.90. The van der Waals surface area contributed by atoms with Crippen molar-refractivity contribution in [1.29, 1.82) is 0 Å². The zero-order valence-electron chi connectivity index (χ0n) is 9.77. The average molecular weight is 270 g/mol. The molecule has 1 N–H and O–H groups in total. The van der Waals surface area contributed by atoms with Crippen LogP contribution < -0.4 is 0 Å². The summed E-state index contributed by atoms with van der Waals surface area (Å²) in [5, 5.41) is 12.6. The number of alkyl halides is 3. The second-order valence-electron chi connectivity index (χ2n) is 3.94. The molecule has 0 unspecified atom stereocenters. The zero-order valence-corrected chi connectivity index (χ0v) is 9.77. The van der Waals surface area contributed by atoms with Crippen molar-refractivity contribution < 1.29 is 23.1 Å². The van der Waals surface area contributed by atoms with Gasteiger partial charge in [0.05, 0.1) is 11.3 Å². The molecular weight excluding hydrogens is 261 g/mol. The summed E-state index contributed by atoms with van der Waals surface area (Å²) in [5.41, 5.74) is -0.414. The Hall–Kier alpha value is -2.31. The second-order valence-corrected chi connectivity index (χ2v) is 3.94. The summed E-state index contributed by atoms with van der Waals surface area (Å²) in [6.07, 6.45) is -4.45. The molecule has 1 aromatic carbocycles. The fraction of sp³-hybridized carbons (Fsp3) is 0.167. The molecule has 2 rings (SSSR count). The van der Waals surface area contributed by atoms with Crippen LogP contribution in [0.2, 0.25) is 0 Å². The molecule has 0 saturated carbocycles. The van der Waals surface area contributed by atoms with Crippen molar-refractivity contribution in [2.24, 2.45) is 0 Å². The Kier molecular flexibility index (Phi) is 3.05. The third kappa shape index (κ3) is 2.59. The summed E-state index contributed by atoms with van der Waals surface area (Å²) in [7, 11) is 0. The molecule has 1 aromatic heterocycles. The standard InChI is InChI=1S/C12H9F3N2O2/c1-7-5-10(11(18)19)16-17(7)9-4-2-3-8(6-9)12(13,14)15/h2-6H,1H3,(H,18,19). The van der Waals surface area contributed by atoms with Crippen molar-refractivity contribution in [2.75, 3.05) is 0 Å². The highest BCUT2D eigenvalue weighted by molar-refractivity contribution is 5.85. The molecule has 0 aliphatic rings. The third-order valence-electron chi connectivity index (χ3n) is 2.52. The van der Waals surface area contributed by atoms with E-state index in [0.717, 1.165) is 12.1 Å². The minimum absolute atomic E-state index is 0.167. The average Bonchev–Trinajstić information content (AvgIpc) is 2.71. The van der Waals surface area contributed by atoms with Crippen LogP contribution >= 0.6 is 0 Å². The first-order valence-electron chi connectivity index (χ1n) is 5.26. The Bertz CT molecular complexity index is 632. The highest BCUT2D eigenvalue weighted by Gasteiger charge is 2.30. The molecule has 0 radical (unpaired) electrons. The van der Waals surface area contributed by atoms with Crippen LogP contribution in [0, 0.1) is 6.92 Å². The van der Waals surface area contributed by atoms with Gasteiger partial charge in [-0.1, -0.05) is 6.07 Å². The van der Waals surface area contributed by atoms with Crippen molar-refractivity contribution in [3.05, 3.63) is 47.3 Å². The Morgan fingerprint density at radius 3 is 2.53 bits per heavy atom. The van der Waals surface area contributed by atoms with E-state index in [4.69, 9.17) is 5.11 Å². The van der Waals surface area contributed by atoms with E-state index in [0.29, 0.717) is 5.69 Å². The normalized spacial score (nSPS) is 11.6. The zero-order chi connectivity index (χ0) is 14.2. The van der Waals surface area contributed by atoms with E-state index in [1.165, 1.54) is 22.9 Å². The summed E-state index contributed by atoms with van der Waals surface area (Å²) in [4.78, 5) is 10.8. The number of carboxylic acid groups (broad SMARTS) is 1. The van der Waals surface area contributed by atoms with Crippen LogP contribution in [-0.2, 0) is 6.18 Å². The van der Waals surface area contributed by atoms with Crippen molar-refractivity contribution in [1.82, 2.24) is 9.78 Å². The van der Waals surface area contributed by atoms with E-state index in [1.54, 1.807) is 6.92 Å². The van der Waals surface area contributed by atoms with Crippen molar-refractivity contribution >= 4 is 5.97 Å². The van der Waals surface area contributed by atoms with E-state index >= 15 is 0 Å². The molecule has 100 valence electrons. The Labute approximate surface area is 106 Å². The van der Waals surface area contributed by atoms with E-state index in [1.807, 2.05) is 0 Å². The highest BCUT2D eigenvalue weighted by atomic mass is 19.4. The SMILES string of the molecule is Cc1cc(C(=O)O)nn1-c1cccc(C(F)(F)F)c1. The van der Waals surface area contributed by atoms with E-state index in [2.05, 4.69) is 5.10 Å². The molecule has 0 aliphatic carbocycles. The summed E-state index contributed by atoms with van der Waals surface area (Å²) < 4.78 is 38.9. The van der Waals surface area contributed by atoms with Gasteiger partial charge >= 0.3 is 12.1 Å². The number of nitrogens with zero attached hydrogens (tertiary/aromatic N) is 2. The van der Waals surface area contributed by atoms with Gasteiger partial charge in [-0.3, -0.25) is 0 Å². The van der Waals surface area contributed by atoms with Gasteiger partial charge in [-0.25, -0.2) is 9.48 Å². The molecule has 19 heavy (non-hydrogen) atoms. The smallest absolute Gasteiger partial charge is 0.416 e. The number of aromatic carboxylic acids is 1. The van der Waals surface area contributed by atoms with E-state index in [-0.39, 0.29) is 11.4 Å². The highest BCUT2D eigenvalue weighted by Crippen LogP contribution is 2.30. The van der Waals surface area contributed by atoms with Crippen molar-refractivity contribution in [3.63, 3.8) is 0 Å². The first-order valence-corrected chi connectivity index (χ1v) is 5.26. The molecule has 0 saturated heterocycles. The van der Waals surface area contributed by atoms with Crippen molar-refractivity contribution in [2.45, 2.75) is 13.1 Å². The Balaban J connectivity index is 2.50. The molecule has 0 atom stereocenters. The van der Waals surface area contributed by atoms with Gasteiger partial charge in [-0.15, -0.1) is 0 Å². The summed E-state index contributed by atoms with van der Waals surface area (Å²) in [6.45, 7) is 1.57. The van der Waals surface area contributed by atoms with E-state index < -0.39 is 17.7 Å². The maximum atomic E-state index is 12.6. The monoisotopic (exact) mass is 270 g/mol. The molecule has 1 heterocycles. The van der Waals surface area contributed by atoms with Gasteiger partial charge in [-0.05, 0) is 31.2 Å². The molecule has 4 nitrogen and oxygen atoms in total. The number of carboxylic acids is 1. The first kappa shape index (κ1) is 13.1.